The molecule has 2 aromatic carbocycles. The first-order chi connectivity index (χ1) is 12.6. The van der Waals surface area contributed by atoms with E-state index in [1.807, 2.05) is 0 Å². The monoisotopic (exact) mass is 400 g/mol. The van der Waals surface area contributed by atoms with Gasteiger partial charge in [0.05, 0.1) is 34.6 Å². The maximum absolute atomic E-state index is 12.8. The number of methoxy groups -OCH3 is 1. The molecule has 144 valence electrons. The molecule has 27 heavy (non-hydrogen) atoms. The molecule has 0 aliphatic heterocycles. The van der Waals surface area contributed by atoms with E-state index >= 15 is 0 Å². The number of amides is 1. The fourth-order valence-electron chi connectivity index (χ4n) is 2.13. The fraction of sp³-hybridized carbons (Fsp3) is 0.235. The fourth-order valence-corrected chi connectivity index (χ4v) is 3.06. The van der Waals surface area contributed by atoms with Crippen molar-refractivity contribution in [2.45, 2.75) is 23.2 Å². The highest BCUT2D eigenvalue weighted by Crippen LogP contribution is 2.34. The van der Waals surface area contributed by atoms with Crippen molar-refractivity contribution in [2.24, 2.45) is 0 Å². The molecule has 0 aliphatic carbocycles. The molecule has 1 atom stereocenters. The van der Waals surface area contributed by atoms with Gasteiger partial charge in [0.2, 0.25) is 5.91 Å². The molecule has 1 amide bonds. The van der Waals surface area contributed by atoms with Gasteiger partial charge in [-0.3, -0.25) is 14.9 Å². The van der Waals surface area contributed by atoms with E-state index in [0.29, 0.717) is 4.90 Å². The summed E-state index contributed by atoms with van der Waals surface area (Å²) in [5.74, 6) is -0.376. The summed E-state index contributed by atoms with van der Waals surface area (Å²) in [7, 11) is 1.30. The van der Waals surface area contributed by atoms with E-state index in [-0.39, 0.29) is 17.1 Å². The van der Waals surface area contributed by atoms with Crippen molar-refractivity contribution >= 4 is 29.0 Å². The Kier molecular flexibility index (Phi) is 6.32. The average molecular weight is 400 g/mol. The molecule has 0 spiro atoms. The lowest BCUT2D eigenvalue weighted by atomic mass is 10.2. The molecular formula is C17H15F3N2O4S. The third-order valence-corrected chi connectivity index (χ3v) is 4.59. The molecule has 2 rings (SSSR count). The van der Waals surface area contributed by atoms with E-state index in [9.17, 15) is 28.1 Å². The van der Waals surface area contributed by atoms with Crippen LogP contribution in [-0.4, -0.2) is 23.2 Å². The van der Waals surface area contributed by atoms with E-state index in [4.69, 9.17) is 4.74 Å². The minimum absolute atomic E-state index is 0.105. The van der Waals surface area contributed by atoms with Crippen LogP contribution in [0.1, 0.15) is 12.5 Å². The molecule has 1 N–H and O–H groups in total. The zero-order chi connectivity index (χ0) is 20.2. The number of nitrogens with one attached hydrogen (secondary N) is 1. The van der Waals surface area contributed by atoms with Crippen LogP contribution in [0.25, 0.3) is 0 Å². The van der Waals surface area contributed by atoms with Gasteiger partial charge in [-0.1, -0.05) is 6.07 Å². The van der Waals surface area contributed by atoms with Crippen molar-refractivity contribution in [1.29, 1.82) is 0 Å². The van der Waals surface area contributed by atoms with Crippen LogP contribution in [0, 0.1) is 10.1 Å². The van der Waals surface area contributed by atoms with Crippen LogP contribution >= 0.6 is 11.8 Å². The molecule has 10 heteroatoms. The largest absolute Gasteiger partial charge is 0.494 e. The predicted octanol–water partition coefficient (Wildman–Crippen LogP) is 4.74. The second-order valence-corrected chi connectivity index (χ2v) is 6.83. The Morgan fingerprint density at radius 2 is 1.96 bits per heavy atom. The van der Waals surface area contributed by atoms with E-state index in [0.717, 1.165) is 23.9 Å². The number of non-ortho nitro benzene ring substituents is 1. The van der Waals surface area contributed by atoms with Crippen molar-refractivity contribution in [3.63, 3.8) is 0 Å². The summed E-state index contributed by atoms with van der Waals surface area (Å²) in [5.41, 5.74) is -0.766. The van der Waals surface area contributed by atoms with Crippen LogP contribution in [0.2, 0.25) is 0 Å². The van der Waals surface area contributed by atoms with Crippen LogP contribution in [0.15, 0.2) is 47.4 Å². The summed E-state index contributed by atoms with van der Waals surface area (Å²) < 4.78 is 43.4. The minimum Gasteiger partial charge on any atom is -0.494 e. The molecule has 0 unspecified atom stereocenters. The number of halogens is 3. The SMILES string of the molecule is COc1cc([N+](=O)[O-])ccc1NC(=O)[C@H](C)Sc1cccc(C(F)(F)F)c1. The van der Waals surface area contributed by atoms with E-state index in [2.05, 4.69) is 5.32 Å². The standard InChI is InChI=1S/C17H15F3N2O4S/c1-10(27-13-5-3-4-11(8-13)17(18,19)20)16(23)21-14-7-6-12(22(24)25)9-15(14)26-2/h3-10H,1-2H3,(H,21,23)/t10-/m0/s1. The van der Waals surface area contributed by atoms with Gasteiger partial charge in [0.15, 0.2) is 0 Å². The lowest BCUT2D eigenvalue weighted by molar-refractivity contribution is -0.384. The second-order valence-electron chi connectivity index (χ2n) is 5.42. The average Bonchev–Trinajstić information content (AvgIpc) is 2.61. The number of thioether (sulfide) groups is 1. The molecular weight excluding hydrogens is 385 g/mol. The van der Waals surface area contributed by atoms with E-state index in [1.165, 1.54) is 44.4 Å². The summed E-state index contributed by atoms with van der Waals surface area (Å²) in [6.07, 6.45) is -4.46. The summed E-state index contributed by atoms with van der Waals surface area (Å²) in [6.45, 7) is 1.54. The summed E-state index contributed by atoms with van der Waals surface area (Å²) in [4.78, 5) is 22.8. The Hall–Kier alpha value is -2.75. The molecule has 0 fully saturated rings. The Labute approximate surface area is 156 Å². The van der Waals surface area contributed by atoms with Gasteiger partial charge in [-0.15, -0.1) is 11.8 Å². The van der Waals surface area contributed by atoms with Crippen molar-refractivity contribution in [1.82, 2.24) is 0 Å². The Bertz CT molecular complexity index is 858. The number of benzene rings is 2. The number of nitro groups is 1. The number of ether oxygens (including phenoxy) is 1. The molecule has 0 saturated carbocycles. The highest BCUT2D eigenvalue weighted by molar-refractivity contribution is 8.00. The molecule has 0 radical (unpaired) electrons. The molecule has 2 aromatic rings. The number of nitro benzene ring substituents is 1. The molecule has 0 saturated heterocycles. The lowest BCUT2D eigenvalue weighted by Crippen LogP contribution is -2.22. The predicted molar refractivity (Wildman–Crippen MR) is 95.0 cm³/mol. The molecule has 0 aliphatic rings. The number of anilines is 1. The van der Waals surface area contributed by atoms with Gasteiger partial charge in [-0.05, 0) is 31.2 Å². The summed E-state index contributed by atoms with van der Waals surface area (Å²) >= 11 is 0.962. The number of nitrogens with zero attached hydrogens (tertiary/aromatic N) is 1. The first-order valence-electron chi connectivity index (χ1n) is 7.59. The van der Waals surface area contributed by atoms with Crippen LogP contribution in [0.5, 0.6) is 5.75 Å². The highest BCUT2D eigenvalue weighted by Gasteiger charge is 2.30. The van der Waals surface area contributed by atoms with Crippen molar-refractivity contribution in [3.05, 3.63) is 58.1 Å². The third kappa shape index (κ3) is 5.36. The third-order valence-electron chi connectivity index (χ3n) is 3.50. The molecule has 6 nitrogen and oxygen atoms in total. The van der Waals surface area contributed by atoms with Crippen LogP contribution < -0.4 is 10.1 Å². The first-order valence-corrected chi connectivity index (χ1v) is 8.47. The lowest BCUT2D eigenvalue weighted by Gasteiger charge is -2.15. The van der Waals surface area contributed by atoms with Gasteiger partial charge in [-0.2, -0.15) is 13.2 Å². The maximum Gasteiger partial charge on any atom is 0.416 e. The molecule has 0 aromatic heterocycles. The second kappa shape index (κ2) is 8.30. The van der Waals surface area contributed by atoms with Crippen LogP contribution in [0.3, 0.4) is 0 Å². The topological polar surface area (TPSA) is 81.5 Å². The van der Waals surface area contributed by atoms with Crippen LogP contribution in [-0.2, 0) is 11.0 Å². The number of rotatable bonds is 6. The zero-order valence-electron chi connectivity index (χ0n) is 14.2. The van der Waals surface area contributed by atoms with Gasteiger partial charge in [0.25, 0.3) is 5.69 Å². The van der Waals surface area contributed by atoms with Crippen LogP contribution in [0.4, 0.5) is 24.5 Å². The molecule has 0 bridgehead atoms. The van der Waals surface area contributed by atoms with Gasteiger partial charge >= 0.3 is 6.18 Å². The Morgan fingerprint density at radius 1 is 1.26 bits per heavy atom. The quantitative estimate of drug-likeness (QED) is 0.430. The zero-order valence-corrected chi connectivity index (χ0v) is 15.1. The van der Waals surface area contributed by atoms with Gasteiger partial charge < -0.3 is 10.1 Å². The number of carbonyl (C=O) groups is 1. The van der Waals surface area contributed by atoms with Gasteiger partial charge in [-0.25, -0.2) is 0 Å². The number of alkyl halides is 3. The normalized spacial score (nSPS) is 12.3. The Balaban J connectivity index is 2.11. The van der Waals surface area contributed by atoms with Crippen molar-refractivity contribution < 1.29 is 27.6 Å². The summed E-state index contributed by atoms with van der Waals surface area (Å²) in [5, 5.41) is 12.6. The van der Waals surface area contributed by atoms with E-state index in [1.54, 1.807) is 0 Å². The van der Waals surface area contributed by atoms with Gasteiger partial charge in [0, 0.05) is 11.0 Å². The first kappa shape index (κ1) is 20.6. The minimum atomic E-state index is -4.46. The number of carbonyl (C=O) groups excluding carboxylic acids is 1. The highest BCUT2D eigenvalue weighted by atomic mass is 32.2. The molecule has 0 heterocycles. The van der Waals surface area contributed by atoms with E-state index < -0.39 is 27.8 Å². The smallest absolute Gasteiger partial charge is 0.416 e. The summed E-state index contributed by atoms with van der Waals surface area (Å²) in [6, 6.07) is 8.39. The number of hydrogen-bond acceptors (Lipinski definition) is 5. The van der Waals surface area contributed by atoms with Crippen molar-refractivity contribution in [3.8, 4) is 5.75 Å². The Morgan fingerprint density at radius 3 is 2.56 bits per heavy atom. The van der Waals surface area contributed by atoms with Gasteiger partial charge in [0.1, 0.15) is 5.75 Å². The maximum atomic E-state index is 12.8. The van der Waals surface area contributed by atoms with Crippen molar-refractivity contribution in [2.75, 3.05) is 12.4 Å². The number of hydrogen-bond donors (Lipinski definition) is 1.